The van der Waals surface area contributed by atoms with Crippen molar-refractivity contribution in [3.8, 4) is 0 Å². The van der Waals surface area contributed by atoms with E-state index in [1.807, 2.05) is 6.92 Å². The average molecular weight is 168 g/mol. The number of nitrogens with one attached hydrogen (secondary N) is 2. The molecule has 1 aromatic heterocycles. The average Bonchev–Trinajstić information content (AvgIpc) is 2.28. The fraction of sp³-hybridized carbons (Fsp3) is 0.500. The zero-order valence-corrected chi connectivity index (χ0v) is 7.23. The molecule has 66 valence electrons. The molecule has 4 nitrogen and oxygen atoms in total. The number of aromatic nitrogens is 2. The predicted octanol–water partition coefficient (Wildman–Crippen LogP) is 0.533. The van der Waals surface area contributed by atoms with Crippen LogP contribution >= 0.6 is 0 Å². The Balaban J connectivity index is 2.75. The van der Waals surface area contributed by atoms with Gasteiger partial charge >= 0.3 is 0 Å². The van der Waals surface area contributed by atoms with E-state index in [4.69, 9.17) is 0 Å². The molecule has 12 heavy (non-hydrogen) atoms. The summed E-state index contributed by atoms with van der Waals surface area (Å²) in [5.41, 5.74) is 1.39. The number of aromatic amines is 2. The van der Waals surface area contributed by atoms with E-state index in [0.29, 0.717) is 18.4 Å². The molecule has 2 N–H and O–H groups in total. The van der Waals surface area contributed by atoms with Gasteiger partial charge in [-0.25, -0.2) is 0 Å². The zero-order chi connectivity index (χ0) is 9.14. The van der Waals surface area contributed by atoms with Crippen molar-refractivity contribution in [2.75, 3.05) is 0 Å². The van der Waals surface area contributed by atoms with Crippen molar-refractivity contribution in [2.24, 2.45) is 0 Å². The lowest BCUT2D eigenvalue weighted by Crippen LogP contribution is -2.07. The Hall–Kier alpha value is -1.32. The minimum Gasteiger partial charge on any atom is -0.302 e. The molecule has 0 bridgehead atoms. The first-order chi connectivity index (χ1) is 5.61. The third-order valence-corrected chi connectivity index (χ3v) is 1.82. The molecule has 0 amide bonds. The fourth-order valence-corrected chi connectivity index (χ4v) is 1.07. The molecule has 4 heteroatoms. The lowest BCUT2D eigenvalue weighted by atomic mass is 10.1. The van der Waals surface area contributed by atoms with Crippen LogP contribution in [0.4, 0.5) is 0 Å². The highest BCUT2D eigenvalue weighted by atomic mass is 16.1. The highest BCUT2D eigenvalue weighted by Gasteiger charge is 2.06. The van der Waals surface area contributed by atoms with Crippen molar-refractivity contribution in [1.82, 2.24) is 10.2 Å². The van der Waals surface area contributed by atoms with Crippen LogP contribution in [0.2, 0.25) is 0 Å². The van der Waals surface area contributed by atoms with Crippen molar-refractivity contribution in [2.45, 2.75) is 26.7 Å². The van der Waals surface area contributed by atoms with Crippen LogP contribution in [0, 0.1) is 6.92 Å². The highest BCUT2D eigenvalue weighted by Crippen LogP contribution is 2.00. The van der Waals surface area contributed by atoms with E-state index in [-0.39, 0.29) is 11.3 Å². The molecule has 1 heterocycles. The summed E-state index contributed by atoms with van der Waals surface area (Å²) in [6, 6.07) is 0. The first kappa shape index (κ1) is 8.77. The van der Waals surface area contributed by atoms with Crippen LogP contribution in [0.15, 0.2) is 4.79 Å². The lowest BCUT2D eigenvalue weighted by Gasteiger charge is -1.93. The number of aryl methyl sites for hydroxylation is 1. The molecule has 0 saturated heterocycles. The Morgan fingerprint density at radius 1 is 1.42 bits per heavy atom. The minimum absolute atomic E-state index is 0.106. The van der Waals surface area contributed by atoms with E-state index in [9.17, 15) is 9.59 Å². The molecule has 0 aliphatic heterocycles. The number of carbonyl (C=O) groups is 1. The van der Waals surface area contributed by atoms with Crippen LogP contribution in [0.1, 0.15) is 24.6 Å². The number of H-pyrrole nitrogens is 2. The van der Waals surface area contributed by atoms with Gasteiger partial charge in [0.1, 0.15) is 5.78 Å². The molecule has 0 aliphatic carbocycles. The van der Waals surface area contributed by atoms with Crippen LogP contribution < -0.4 is 5.56 Å². The second kappa shape index (κ2) is 3.38. The normalized spacial score (nSPS) is 10.2. The molecule has 0 saturated carbocycles. The summed E-state index contributed by atoms with van der Waals surface area (Å²) in [5.74, 6) is 0.106. The maximum atomic E-state index is 11.1. The highest BCUT2D eigenvalue weighted by molar-refractivity contribution is 5.75. The molecule has 0 aliphatic rings. The molecule has 0 unspecified atom stereocenters. The molecule has 1 aromatic rings. The number of carbonyl (C=O) groups excluding carboxylic acids is 1. The van der Waals surface area contributed by atoms with Gasteiger partial charge in [-0.3, -0.25) is 9.89 Å². The van der Waals surface area contributed by atoms with E-state index in [0.717, 1.165) is 5.69 Å². The van der Waals surface area contributed by atoms with Gasteiger partial charge < -0.3 is 9.89 Å². The van der Waals surface area contributed by atoms with Gasteiger partial charge in [-0.15, -0.1) is 0 Å². The Kier molecular flexibility index (Phi) is 2.47. The summed E-state index contributed by atoms with van der Waals surface area (Å²) in [5, 5.41) is 5.18. The Morgan fingerprint density at radius 2 is 2.08 bits per heavy atom. The molecule has 0 fully saturated rings. The topological polar surface area (TPSA) is 65.7 Å². The largest absolute Gasteiger partial charge is 0.302 e. The molecule has 0 aromatic carbocycles. The van der Waals surface area contributed by atoms with Crippen LogP contribution in [-0.2, 0) is 11.2 Å². The summed E-state index contributed by atoms with van der Waals surface area (Å²) in [6.07, 6.45) is 0.960. The first-order valence-corrected chi connectivity index (χ1v) is 3.87. The molecule has 0 spiro atoms. The van der Waals surface area contributed by atoms with E-state index in [2.05, 4.69) is 10.2 Å². The monoisotopic (exact) mass is 168 g/mol. The maximum absolute atomic E-state index is 11.1. The Morgan fingerprint density at radius 3 is 2.50 bits per heavy atom. The second-order valence-corrected chi connectivity index (χ2v) is 2.88. The number of rotatable bonds is 3. The zero-order valence-electron chi connectivity index (χ0n) is 7.23. The maximum Gasteiger partial charge on any atom is 0.267 e. The minimum atomic E-state index is -0.117. The van der Waals surface area contributed by atoms with Gasteiger partial charge in [-0.1, -0.05) is 0 Å². The summed E-state index contributed by atoms with van der Waals surface area (Å²) in [7, 11) is 0. The summed E-state index contributed by atoms with van der Waals surface area (Å²) in [6.45, 7) is 3.34. The molecule has 1 rings (SSSR count). The predicted molar refractivity (Wildman–Crippen MR) is 45.2 cm³/mol. The van der Waals surface area contributed by atoms with Crippen molar-refractivity contribution in [3.63, 3.8) is 0 Å². The van der Waals surface area contributed by atoms with Gasteiger partial charge in [-0.2, -0.15) is 0 Å². The number of hydrogen-bond donors (Lipinski definition) is 2. The standard InChI is InChI=1S/C8H12N2O2/c1-5(11)3-4-7-6(2)9-10-8(7)12/h3-4H2,1-2H3,(H2,9,10,12). The third-order valence-electron chi connectivity index (χ3n) is 1.82. The van der Waals surface area contributed by atoms with Gasteiger partial charge in [0.25, 0.3) is 5.56 Å². The van der Waals surface area contributed by atoms with E-state index in [1.54, 1.807) is 0 Å². The van der Waals surface area contributed by atoms with Crippen LogP contribution in [0.5, 0.6) is 0 Å². The Labute approximate surface area is 70.0 Å². The van der Waals surface area contributed by atoms with Crippen molar-refractivity contribution in [3.05, 3.63) is 21.6 Å². The van der Waals surface area contributed by atoms with Gasteiger partial charge in [0, 0.05) is 17.7 Å². The molecular formula is C8H12N2O2. The van der Waals surface area contributed by atoms with Crippen LogP contribution in [-0.4, -0.2) is 16.0 Å². The van der Waals surface area contributed by atoms with Crippen LogP contribution in [0.3, 0.4) is 0 Å². The van der Waals surface area contributed by atoms with Crippen molar-refractivity contribution < 1.29 is 4.79 Å². The van der Waals surface area contributed by atoms with E-state index >= 15 is 0 Å². The lowest BCUT2D eigenvalue weighted by molar-refractivity contribution is -0.116. The van der Waals surface area contributed by atoms with Gasteiger partial charge in [0.2, 0.25) is 0 Å². The Bertz CT molecular complexity index is 335. The van der Waals surface area contributed by atoms with Gasteiger partial charge in [0.15, 0.2) is 0 Å². The van der Waals surface area contributed by atoms with Crippen molar-refractivity contribution in [1.29, 1.82) is 0 Å². The fourth-order valence-electron chi connectivity index (χ4n) is 1.07. The first-order valence-electron chi connectivity index (χ1n) is 3.87. The summed E-state index contributed by atoms with van der Waals surface area (Å²) >= 11 is 0. The second-order valence-electron chi connectivity index (χ2n) is 2.88. The smallest absolute Gasteiger partial charge is 0.267 e. The molecule has 0 atom stereocenters. The van der Waals surface area contributed by atoms with Gasteiger partial charge in [-0.05, 0) is 20.3 Å². The number of Topliss-reactive ketones (excluding diaryl/α,β-unsaturated/α-hetero) is 1. The molecule has 0 radical (unpaired) electrons. The third kappa shape index (κ3) is 1.84. The quantitative estimate of drug-likeness (QED) is 0.691. The molecular weight excluding hydrogens is 156 g/mol. The number of hydrogen-bond acceptors (Lipinski definition) is 2. The summed E-state index contributed by atoms with van der Waals surface area (Å²) < 4.78 is 0. The SMILES string of the molecule is CC(=O)CCc1c(C)[nH][nH]c1=O. The van der Waals surface area contributed by atoms with E-state index < -0.39 is 0 Å². The summed E-state index contributed by atoms with van der Waals surface area (Å²) in [4.78, 5) is 21.7. The van der Waals surface area contributed by atoms with Crippen LogP contribution in [0.25, 0.3) is 0 Å². The van der Waals surface area contributed by atoms with Crippen molar-refractivity contribution >= 4 is 5.78 Å². The van der Waals surface area contributed by atoms with E-state index in [1.165, 1.54) is 6.92 Å². The number of ketones is 1. The van der Waals surface area contributed by atoms with Gasteiger partial charge in [0.05, 0.1) is 0 Å².